The van der Waals surface area contributed by atoms with Gasteiger partial charge in [0, 0.05) is 47.1 Å². The van der Waals surface area contributed by atoms with Crippen molar-refractivity contribution in [3.05, 3.63) is 102 Å². The van der Waals surface area contributed by atoms with Crippen LogP contribution in [0.25, 0.3) is 21.8 Å². The highest BCUT2D eigenvalue weighted by molar-refractivity contribution is 5.92. The zero-order chi connectivity index (χ0) is 20.3. The fraction of sp³-hybridized carbons (Fsp3) is 0.148. The molecule has 1 N–H and O–H groups in total. The van der Waals surface area contributed by atoms with Crippen LogP contribution in [-0.4, -0.2) is 9.55 Å². The number of aromatic nitrogens is 2. The van der Waals surface area contributed by atoms with E-state index in [9.17, 15) is 0 Å². The predicted molar refractivity (Wildman–Crippen MR) is 126 cm³/mol. The van der Waals surface area contributed by atoms with Crippen molar-refractivity contribution < 1.29 is 0 Å². The van der Waals surface area contributed by atoms with Crippen molar-refractivity contribution in [2.45, 2.75) is 19.3 Å². The first-order valence-corrected chi connectivity index (χ1v) is 10.5. The van der Waals surface area contributed by atoms with Crippen molar-refractivity contribution in [1.29, 1.82) is 0 Å². The predicted octanol–water partition coefficient (Wildman–Crippen LogP) is 6.65. The van der Waals surface area contributed by atoms with Crippen LogP contribution in [-0.2, 0) is 19.9 Å². The number of hydrogen-bond acceptors (Lipinski definition) is 2. The number of para-hydroxylation sites is 2. The number of fused-ring (bicyclic) bond motifs is 2. The fourth-order valence-electron chi connectivity index (χ4n) is 4.22. The highest BCUT2D eigenvalue weighted by Gasteiger charge is 2.06. The maximum absolute atomic E-state index is 4.44. The maximum Gasteiger partial charge on any atom is 0.0722 e. The van der Waals surface area contributed by atoms with E-state index < -0.39 is 0 Å². The molecule has 0 bridgehead atoms. The van der Waals surface area contributed by atoms with E-state index in [0.717, 1.165) is 41.5 Å². The van der Waals surface area contributed by atoms with Gasteiger partial charge in [-0.05, 0) is 60.7 Å². The molecule has 2 heterocycles. The molecule has 0 atom stereocenters. The second-order valence-corrected chi connectivity index (χ2v) is 7.83. The van der Waals surface area contributed by atoms with Crippen LogP contribution in [0.4, 0.5) is 11.4 Å². The number of aryl methyl sites for hydroxylation is 3. The van der Waals surface area contributed by atoms with Gasteiger partial charge in [-0.15, -0.1) is 0 Å². The van der Waals surface area contributed by atoms with Gasteiger partial charge in [0.1, 0.15) is 0 Å². The van der Waals surface area contributed by atoms with Crippen LogP contribution in [0.2, 0.25) is 0 Å². The van der Waals surface area contributed by atoms with Crippen molar-refractivity contribution in [2.24, 2.45) is 7.05 Å². The fourth-order valence-corrected chi connectivity index (χ4v) is 4.22. The number of pyridine rings is 1. The topological polar surface area (TPSA) is 29.9 Å². The van der Waals surface area contributed by atoms with Crippen LogP contribution >= 0.6 is 0 Å². The van der Waals surface area contributed by atoms with E-state index in [1.54, 1.807) is 0 Å². The minimum atomic E-state index is 1.01. The number of nitrogens with one attached hydrogen (secondary N) is 1. The van der Waals surface area contributed by atoms with Gasteiger partial charge in [0.15, 0.2) is 0 Å². The zero-order valence-electron chi connectivity index (χ0n) is 17.2. The first kappa shape index (κ1) is 18.4. The number of rotatable bonds is 6. The minimum Gasteiger partial charge on any atom is -0.355 e. The van der Waals surface area contributed by atoms with Crippen molar-refractivity contribution in [2.75, 3.05) is 5.32 Å². The molecule has 3 aromatic carbocycles. The average Bonchev–Trinajstić information content (AvgIpc) is 3.11. The van der Waals surface area contributed by atoms with Gasteiger partial charge in [-0.1, -0.05) is 48.5 Å². The van der Waals surface area contributed by atoms with Crippen molar-refractivity contribution in [3.8, 4) is 0 Å². The van der Waals surface area contributed by atoms with E-state index in [1.807, 2.05) is 30.5 Å². The van der Waals surface area contributed by atoms with Crippen LogP contribution < -0.4 is 5.32 Å². The molecule has 0 radical (unpaired) electrons. The Morgan fingerprint density at radius 3 is 2.43 bits per heavy atom. The SMILES string of the molecule is Cn1cc(CCCc2ccc(Nc3ccnc4ccccc34)cc2)c2ccccc21. The van der Waals surface area contributed by atoms with Gasteiger partial charge in [-0.2, -0.15) is 0 Å². The number of benzene rings is 3. The lowest BCUT2D eigenvalue weighted by Crippen LogP contribution is -1.94. The molecular weight excluding hydrogens is 366 g/mol. The van der Waals surface area contributed by atoms with E-state index >= 15 is 0 Å². The van der Waals surface area contributed by atoms with Crippen LogP contribution in [0.1, 0.15) is 17.5 Å². The van der Waals surface area contributed by atoms with Gasteiger partial charge >= 0.3 is 0 Å². The summed E-state index contributed by atoms with van der Waals surface area (Å²) in [6.45, 7) is 0. The molecule has 0 unspecified atom stereocenters. The standard InChI is InChI=1S/C27H25N3/c1-30-19-21(23-9-3-5-12-27(23)30)8-6-7-20-13-15-22(16-14-20)29-26-17-18-28-25-11-4-2-10-24(25)26/h2-5,9-19H,6-8H2,1H3,(H,28,29). The van der Waals surface area contributed by atoms with Crippen LogP contribution in [0.5, 0.6) is 0 Å². The van der Waals surface area contributed by atoms with Crippen molar-refractivity contribution >= 4 is 33.2 Å². The molecule has 3 nitrogen and oxygen atoms in total. The first-order valence-electron chi connectivity index (χ1n) is 10.5. The minimum absolute atomic E-state index is 1.01. The Bertz CT molecular complexity index is 1290. The van der Waals surface area contributed by atoms with Gasteiger partial charge in [0.25, 0.3) is 0 Å². The van der Waals surface area contributed by atoms with Gasteiger partial charge in [0.05, 0.1) is 5.52 Å². The Morgan fingerprint density at radius 1 is 0.800 bits per heavy atom. The second-order valence-electron chi connectivity index (χ2n) is 7.83. The summed E-state index contributed by atoms with van der Waals surface area (Å²) in [6.07, 6.45) is 7.46. The molecule has 148 valence electrons. The Labute approximate surface area is 177 Å². The molecule has 0 spiro atoms. The lowest BCUT2D eigenvalue weighted by atomic mass is 10.0. The summed E-state index contributed by atoms with van der Waals surface area (Å²) >= 11 is 0. The summed E-state index contributed by atoms with van der Waals surface area (Å²) in [5.74, 6) is 0. The molecule has 5 aromatic rings. The van der Waals surface area contributed by atoms with Crippen molar-refractivity contribution in [1.82, 2.24) is 9.55 Å². The van der Waals surface area contributed by atoms with Gasteiger partial charge in [-0.3, -0.25) is 4.98 Å². The molecule has 5 rings (SSSR count). The molecule has 3 heteroatoms. The third-order valence-corrected chi connectivity index (χ3v) is 5.77. The zero-order valence-corrected chi connectivity index (χ0v) is 17.2. The molecule has 0 saturated carbocycles. The number of anilines is 2. The Morgan fingerprint density at radius 2 is 1.57 bits per heavy atom. The number of nitrogens with zero attached hydrogens (tertiary/aromatic N) is 2. The number of hydrogen-bond donors (Lipinski definition) is 1. The third kappa shape index (κ3) is 3.67. The van der Waals surface area contributed by atoms with E-state index in [0.29, 0.717) is 0 Å². The van der Waals surface area contributed by atoms with Crippen LogP contribution in [0.15, 0.2) is 91.3 Å². The van der Waals surface area contributed by atoms with E-state index in [4.69, 9.17) is 0 Å². The normalized spacial score (nSPS) is 11.2. The summed E-state index contributed by atoms with van der Waals surface area (Å²) in [6, 6.07) is 27.7. The van der Waals surface area contributed by atoms with E-state index in [-0.39, 0.29) is 0 Å². The Kier molecular flexibility index (Phi) is 4.94. The van der Waals surface area contributed by atoms with Crippen LogP contribution in [0.3, 0.4) is 0 Å². The smallest absolute Gasteiger partial charge is 0.0722 e. The van der Waals surface area contributed by atoms with Crippen LogP contribution in [0, 0.1) is 0 Å². The molecule has 0 amide bonds. The summed E-state index contributed by atoms with van der Waals surface area (Å²) in [4.78, 5) is 4.44. The lowest BCUT2D eigenvalue weighted by Gasteiger charge is -2.10. The second kappa shape index (κ2) is 8.03. The Balaban J connectivity index is 1.24. The molecule has 30 heavy (non-hydrogen) atoms. The average molecular weight is 392 g/mol. The summed E-state index contributed by atoms with van der Waals surface area (Å²) in [7, 11) is 2.13. The Hall–Kier alpha value is -3.59. The molecule has 0 aliphatic rings. The highest BCUT2D eigenvalue weighted by Crippen LogP contribution is 2.26. The first-order chi connectivity index (χ1) is 14.8. The molecule has 0 saturated heterocycles. The monoisotopic (exact) mass is 391 g/mol. The quantitative estimate of drug-likeness (QED) is 0.351. The maximum atomic E-state index is 4.44. The molecular formula is C27H25N3. The molecule has 0 aliphatic carbocycles. The third-order valence-electron chi connectivity index (χ3n) is 5.77. The molecule has 0 fully saturated rings. The summed E-state index contributed by atoms with van der Waals surface area (Å²) < 4.78 is 2.23. The highest BCUT2D eigenvalue weighted by atomic mass is 14.9. The molecule has 2 aromatic heterocycles. The van der Waals surface area contributed by atoms with Gasteiger partial charge in [0.2, 0.25) is 0 Å². The van der Waals surface area contributed by atoms with Crippen molar-refractivity contribution in [3.63, 3.8) is 0 Å². The lowest BCUT2D eigenvalue weighted by molar-refractivity contribution is 0.819. The van der Waals surface area contributed by atoms with Gasteiger partial charge < -0.3 is 9.88 Å². The van der Waals surface area contributed by atoms with E-state index in [1.165, 1.54) is 22.0 Å². The van der Waals surface area contributed by atoms with Gasteiger partial charge in [-0.25, -0.2) is 0 Å². The summed E-state index contributed by atoms with van der Waals surface area (Å²) in [5.41, 5.74) is 7.32. The molecule has 0 aliphatic heterocycles. The van der Waals surface area contributed by atoms with E-state index in [2.05, 4.69) is 82.7 Å². The largest absolute Gasteiger partial charge is 0.355 e. The summed E-state index contributed by atoms with van der Waals surface area (Å²) in [5, 5.41) is 6.05.